The quantitative estimate of drug-likeness (QED) is 0.161. The molecule has 0 aromatic carbocycles. The Balaban J connectivity index is -0.000000213. The van der Waals surface area contributed by atoms with Crippen molar-refractivity contribution >= 4 is 41.8 Å². The second kappa shape index (κ2) is 35.8. The number of hydrogen-bond donors (Lipinski definition) is 0. The fourth-order valence-corrected chi connectivity index (χ4v) is 3.16. The van der Waals surface area contributed by atoms with Crippen molar-refractivity contribution in [1.29, 1.82) is 0 Å². The van der Waals surface area contributed by atoms with Gasteiger partial charge in [-0.1, -0.05) is 117 Å². The first-order valence-corrected chi connectivity index (χ1v) is 12.8. The van der Waals surface area contributed by atoms with Crippen molar-refractivity contribution < 1.29 is 29.7 Å². The molecule has 0 saturated heterocycles. The van der Waals surface area contributed by atoms with E-state index in [-0.39, 0.29) is 36.7 Å². The fraction of sp³-hybridized carbons (Fsp3) is 0.885. The third-order valence-electron chi connectivity index (χ3n) is 4.97. The maximum atomic E-state index is 10.1. The van der Waals surface area contributed by atoms with E-state index in [2.05, 4.69) is 13.8 Å². The molecule has 0 aliphatic rings. The van der Waals surface area contributed by atoms with Crippen LogP contribution in [0.25, 0.3) is 0 Å². The Hall–Kier alpha value is -0.791. The number of carbonyl (C=O) groups is 3. The van der Waals surface area contributed by atoms with Gasteiger partial charge in [-0.15, -0.1) is 0 Å². The van der Waals surface area contributed by atoms with Gasteiger partial charge in [-0.25, -0.2) is 0 Å². The Morgan fingerprint density at radius 2 is 0.636 bits per heavy atom. The van der Waals surface area contributed by atoms with E-state index in [1.54, 1.807) is 0 Å². The summed E-state index contributed by atoms with van der Waals surface area (Å²) in [5.41, 5.74) is 0. The Labute approximate surface area is 220 Å². The van der Waals surface area contributed by atoms with E-state index < -0.39 is 17.9 Å². The van der Waals surface area contributed by atoms with Crippen LogP contribution in [0.15, 0.2) is 0 Å². The third kappa shape index (κ3) is 59.2. The Kier molecular flexibility index (Phi) is 42.8. The largest absolute Gasteiger partial charge is 3.00 e. The predicted octanol–water partition coefficient (Wildman–Crippen LogP) is 3.69. The van der Waals surface area contributed by atoms with Gasteiger partial charge in [0.15, 0.2) is 0 Å². The number of rotatable bonds is 20. The van der Waals surface area contributed by atoms with Gasteiger partial charge in [-0.2, -0.15) is 0 Å². The summed E-state index contributed by atoms with van der Waals surface area (Å²) in [6.45, 7) is 5.42. The molecule has 0 fully saturated rings. The molecule has 0 aromatic heterocycles. The average Bonchev–Trinajstić information content (AvgIpc) is 2.71. The van der Waals surface area contributed by atoms with Crippen LogP contribution < -0.4 is 15.3 Å². The maximum absolute atomic E-state index is 10.1. The molecule has 0 heterocycles. The fourth-order valence-electron chi connectivity index (χ4n) is 3.16. The van der Waals surface area contributed by atoms with E-state index in [9.17, 15) is 19.8 Å². The SMILES string of the molecule is CC(=O)[O-].CCCCCCCCCCCC(=O)[O-].CCCCCCCCCCCC(=O)[O-].[Sn+3]. The minimum atomic E-state index is -1.08. The van der Waals surface area contributed by atoms with Crippen molar-refractivity contribution in [2.24, 2.45) is 0 Å². The topological polar surface area (TPSA) is 120 Å². The molecule has 0 atom stereocenters. The summed E-state index contributed by atoms with van der Waals surface area (Å²) in [7, 11) is 0. The van der Waals surface area contributed by atoms with Gasteiger partial charge in [-0.05, 0) is 32.6 Å². The van der Waals surface area contributed by atoms with Gasteiger partial charge in [0.05, 0.1) is 0 Å². The Morgan fingerprint density at radius 1 is 0.455 bits per heavy atom. The van der Waals surface area contributed by atoms with E-state index >= 15 is 0 Å². The molecule has 33 heavy (non-hydrogen) atoms. The van der Waals surface area contributed by atoms with Crippen molar-refractivity contribution in [2.45, 2.75) is 149 Å². The van der Waals surface area contributed by atoms with Crippen LogP contribution in [0, 0.1) is 0 Å². The van der Waals surface area contributed by atoms with E-state index in [4.69, 9.17) is 9.90 Å². The molecule has 0 N–H and O–H groups in total. The van der Waals surface area contributed by atoms with Crippen molar-refractivity contribution in [2.75, 3.05) is 0 Å². The second-order valence-electron chi connectivity index (χ2n) is 8.39. The zero-order chi connectivity index (χ0) is 24.9. The molecule has 1 radical (unpaired) electrons. The molecule has 0 spiro atoms. The maximum Gasteiger partial charge on any atom is 3.00 e. The van der Waals surface area contributed by atoms with Gasteiger partial charge in [0.2, 0.25) is 0 Å². The summed E-state index contributed by atoms with van der Waals surface area (Å²) in [4.78, 5) is 29.1. The van der Waals surface area contributed by atoms with Crippen LogP contribution in [0.2, 0.25) is 0 Å². The monoisotopic (exact) mass is 577 g/mol. The van der Waals surface area contributed by atoms with Crippen LogP contribution >= 0.6 is 0 Å². The number of unbranched alkanes of at least 4 members (excludes halogenated alkanes) is 16. The van der Waals surface area contributed by atoms with Crippen molar-refractivity contribution in [1.82, 2.24) is 0 Å². The number of aliphatic carboxylic acids is 3. The zero-order valence-corrected chi connectivity index (χ0v) is 24.4. The van der Waals surface area contributed by atoms with Crippen LogP contribution in [-0.4, -0.2) is 41.8 Å². The molecule has 7 heteroatoms. The van der Waals surface area contributed by atoms with Gasteiger partial charge >= 0.3 is 23.9 Å². The molecule has 0 saturated carbocycles. The minimum absolute atomic E-state index is 0. The summed E-state index contributed by atoms with van der Waals surface area (Å²) in [5, 5.41) is 29.1. The van der Waals surface area contributed by atoms with Crippen LogP contribution in [0.3, 0.4) is 0 Å². The number of carboxylic acids is 3. The van der Waals surface area contributed by atoms with E-state index in [0.717, 1.165) is 32.6 Å². The summed E-state index contributed by atoms with van der Waals surface area (Å²) >= 11 is 0. The molecule has 6 nitrogen and oxygen atoms in total. The molecule has 0 aliphatic heterocycles. The smallest absolute Gasteiger partial charge is 0.550 e. The van der Waals surface area contributed by atoms with Crippen LogP contribution in [0.1, 0.15) is 149 Å². The first-order valence-electron chi connectivity index (χ1n) is 12.8. The average molecular weight is 576 g/mol. The predicted molar refractivity (Wildman–Crippen MR) is 130 cm³/mol. The summed E-state index contributed by atoms with van der Waals surface area (Å²) in [6, 6.07) is 0. The van der Waals surface area contributed by atoms with Gasteiger partial charge in [0.1, 0.15) is 0 Å². The van der Waals surface area contributed by atoms with E-state index in [1.165, 1.54) is 89.9 Å². The first kappa shape index (κ1) is 39.4. The Bertz CT molecular complexity index is 380. The summed E-state index contributed by atoms with van der Waals surface area (Å²) in [6.07, 6.45) is 22.3. The molecule has 0 bridgehead atoms. The summed E-state index contributed by atoms with van der Waals surface area (Å²) in [5.74, 6) is -2.90. The normalized spacial score (nSPS) is 9.55. The van der Waals surface area contributed by atoms with Crippen LogP contribution in [0.5, 0.6) is 0 Å². The summed E-state index contributed by atoms with van der Waals surface area (Å²) < 4.78 is 0. The second-order valence-corrected chi connectivity index (χ2v) is 8.39. The van der Waals surface area contributed by atoms with E-state index in [1.807, 2.05) is 0 Å². The number of hydrogen-bond acceptors (Lipinski definition) is 6. The van der Waals surface area contributed by atoms with Gasteiger partial charge < -0.3 is 29.7 Å². The van der Waals surface area contributed by atoms with Gasteiger partial charge in [-0.3, -0.25) is 0 Å². The first-order chi connectivity index (χ1) is 15.3. The van der Waals surface area contributed by atoms with Crippen LogP contribution in [-0.2, 0) is 14.4 Å². The standard InChI is InChI=1S/2C12H24O2.C2H4O2.Sn/c2*1-2-3-4-5-6-7-8-9-10-11-12(13)14;1-2(3)4;/h2*2-11H2,1H3,(H,13,14);1H3,(H,3,4);/q;;;+3/p-3. The van der Waals surface area contributed by atoms with Gasteiger partial charge in [0, 0.05) is 17.9 Å². The molecule has 0 aromatic rings. The number of carbonyl (C=O) groups excluding carboxylic acids is 3. The zero-order valence-electron chi connectivity index (χ0n) is 21.6. The number of carboxylic acid groups (broad SMARTS) is 3. The molecule has 0 unspecified atom stereocenters. The molecule has 0 rings (SSSR count). The molecule has 0 amide bonds. The van der Waals surface area contributed by atoms with Crippen LogP contribution in [0.4, 0.5) is 0 Å². The molecular formula is C26H49O6Sn. The molecular weight excluding hydrogens is 527 g/mol. The molecule has 193 valence electrons. The molecule has 0 aliphatic carbocycles. The van der Waals surface area contributed by atoms with Crippen molar-refractivity contribution in [3.8, 4) is 0 Å². The minimum Gasteiger partial charge on any atom is -0.550 e. The van der Waals surface area contributed by atoms with E-state index in [0.29, 0.717) is 0 Å². The van der Waals surface area contributed by atoms with Gasteiger partial charge in [0.25, 0.3) is 0 Å². The van der Waals surface area contributed by atoms with Crippen molar-refractivity contribution in [3.63, 3.8) is 0 Å². The van der Waals surface area contributed by atoms with Crippen molar-refractivity contribution in [3.05, 3.63) is 0 Å². The third-order valence-corrected chi connectivity index (χ3v) is 4.97. The Morgan fingerprint density at radius 3 is 0.818 bits per heavy atom.